The minimum Gasteiger partial charge on any atom is -0.324 e. The van der Waals surface area contributed by atoms with E-state index in [-0.39, 0.29) is 0 Å². The van der Waals surface area contributed by atoms with Gasteiger partial charge in [0.2, 0.25) is 0 Å². The molecule has 0 spiro atoms. The molecule has 124 valence electrons. The second kappa shape index (κ2) is 7.18. The third-order valence-electron chi connectivity index (χ3n) is 4.99. The predicted molar refractivity (Wildman–Crippen MR) is 100 cm³/mol. The largest absolute Gasteiger partial charge is 0.324 e. The fourth-order valence-corrected chi connectivity index (χ4v) is 3.74. The number of rotatable bonds is 5. The first kappa shape index (κ1) is 15.4. The molecule has 1 saturated heterocycles. The Morgan fingerprint density at radius 1 is 0.792 bits per heavy atom. The van der Waals surface area contributed by atoms with Gasteiger partial charge >= 0.3 is 0 Å². The number of likely N-dealkylation sites (tertiary alicyclic amines) is 1. The van der Waals surface area contributed by atoms with Crippen molar-refractivity contribution in [2.45, 2.75) is 32.2 Å². The first-order valence-electron chi connectivity index (χ1n) is 9.15. The predicted octanol–water partition coefficient (Wildman–Crippen LogP) is 4.58. The molecule has 0 saturated carbocycles. The molecule has 1 fully saturated rings. The standard InChI is InChI=1S/C21H25N3/c1-3-10-18(11-4-1)21-22-19-12-5-6-13-20(19)24(21)17-9-16-23-14-7-2-8-15-23/h1,3-6,10-13H,2,7-9,14-17H2. The number of nitrogens with zero attached hydrogens (tertiary/aromatic N) is 3. The third-order valence-corrected chi connectivity index (χ3v) is 4.99. The molecule has 0 radical (unpaired) electrons. The van der Waals surface area contributed by atoms with Gasteiger partial charge in [0.15, 0.2) is 0 Å². The SMILES string of the molecule is c1ccc(-c2nc3ccccc3n2CCCN2CCCCC2)cc1. The topological polar surface area (TPSA) is 21.1 Å². The van der Waals surface area contributed by atoms with Crippen LogP contribution in [0.15, 0.2) is 54.6 Å². The van der Waals surface area contributed by atoms with Crippen LogP contribution in [-0.2, 0) is 6.54 Å². The van der Waals surface area contributed by atoms with Crippen LogP contribution in [0.5, 0.6) is 0 Å². The quantitative estimate of drug-likeness (QED) is 0.686. The van der Waals surface area contributed by atoms with Crippen LogP contribution in [-0.4, -0.2) is 34.1 Å². The van der Waals surface area contributed by atoms with Crippen molar-refractivity contribution in [1.29, 1.82) is 0 Å². The van der Waals surface area contributed by atoms with Crippen molar-refractivity contribution >= 4 is 11.0 Å². The fourth-order valence-electron chi connectivity index (χ4n) is 3.74. The number of piperidine rings is 1. The minimum absolute atomic E-state index is 1.03. The monoisotopic (exact) mass is 319 g/mol. The van der Waals surface area contributed by atoms with Gasteiger partial charge in [-0.25, -0.2) is 4.98 Å². The molecule has 0 amide bonds. The Morgan fingerprint density at radius 3 is 2.38 bits per heavy atom. The molecule has 2 heterocycles. The number of para-hydroxylation sites is 2. The average Bonchev–Trinajstić information content (AvgIpc) is 3.02. The number of fused-ring (bicyclic) bond motifs is 1. The van der Waals surface area contributed by atoms with Gasteiger partial charge in [-0.05, 0) is 51.0 Å². The van der Waals surface area contributed by atoms with E-state index in [1.54, 1.807) is 0 Å². The van der Waals surface area contributed by atoms with Crippen molar-refractivity contribution in [3.05, 3.63) is 54.6 Å². The lowest BCUT2D eigenvalue weighted by Gasteiger charge is -2.26. The van der Waals surface area contributed by atoms with Crippen LogP contribution in [0, 0.1) is 0 Å². The number of aryl methyl sites for hydroxylation is 1. The van der Waals surface area contributed by atoms with E-state index >= 15 is 0 Å². The number of hydrogen-bond donors (Lipinski definition) is 0. The first-order chi connectivity index (χ1) is 11.9. The van der Waals surface area contributed by atoms with Crippen LogP contribution in [0.3, 0.4) is 0 Å². The second-order valence-corrected chi connectivity index (χ2v) is 6.70. The lowest BCUT2D eigenvalue weighted by molar-refractivity contribution is 0.223. The average molecular weight is 319 g/mol. The van der Waals surface area contributed by atoms with Crippen LogP contribution >= 0.6 is 0 Å². The van der Waals surface area contributed by atoms with E-state index in [1.165, 1.54) is 56.4 Å². The van der Waals surface area contributed by atoms with Gasteiger partial charge in [-0.1, -0.05) is 48.9 Å². The van der Waals surface area contributed by atoms with Crippen LogP contribution in [0.4, 0.5) is 0 Å². The van der Waals surface area contributed by atoms with Crippen LogP contribution in [0.25, 0.3) is 22.4 Å². The van der Waals surface area contributed by atoms with E-state index < -0.39 is 0 Å². The summed E-state index contributed by atoms with van der Waals surface area (Å²) in [7, 11) is 0. The smallest absolute Gasteiger partial charge is 0.141 e. The summed E-state index contributed by atoms with van der Waals surface area (Å²) in [5.74, 6) is 1.09. The molecule has 0 unspecified atom stereocenters. The van der Waals surface area contributed by atoms with Crippen LogP contribution < -0.4 is 0 Å². The molecular weight excluding hydrogens is 294 g/mol. The summed E-state index contributed by atoms with van der Waals surface area (Å²) in [5.41, 5.74) is 3.54. The van der Waals surface area contributed by atoms with E-state index in [9.17, 15) is 0 Å². The zero-order valence-corrected chi connectivity index (χ0v) is 14.2. The van der Waals surface area contributed by atoms with Crippen LogP contribution in [0.1, 0.15) is 25.7 Å². The highest BCUT2D eigenvalue weighted by Gasteiger charge is 2.13. The van der Waals surface area contributed by atoms with Crippen LogP contribution in [0.2, 0.25) is 0 Å². The summed E-state index contributed by atoms with van der Waals surface area (Å²) in [6.45, 7) is 4.77. The van der Waals surface area contributed by atoms with Crippen molar-refractivity contribution in [2.75, 3.05) is 19.6 Å². The molecule has 24 heavy (non-hydrogen) atoms. The summed E-state index contributed by atoms with van der Waals surface area (Å²) < 4.78 is 2.40. The Hall–Kier alpha value is -2.13. The first-order valence-corrected chi connectivity index (χ1v) is 9.15. The van der Waals surface area contributed by atoms with Gasteiger partial charge < -0.3 is 9.47 Å². The maximum absolute atomic E-state index is 4.90. The highest BCUT2D eigenvalue weighted by atomic mass is 15.1. The fraction of sp³-hybridized carbons (Fsp3) is 0.381. The molecule has 0 aliphatic carbocycles. The molecule has 0 atom stereocenters. The molecule has 1 aromatic heterocycles. The summed E-state index contributed by atoms with van der Waals surface area (Å²) in [6.07, 6.45) is 5.31. The van der Waals surface area contributed by atoms with E-state index in [2.05, 4.69) is 64.1 Å². The van der Waals surface area contributed by atoms with Crippen molar-refractivity contribution in [3.8, 4) is 11.4 Å². The molecule has 1 aliphatic rings. The Balaban J connectivity index is 1.58. The van der Waals surface area contributed by atoms with Gasteiger partial charge in [0.1, 0.15) is 5.82 Å². The van der Waals surface area contributed by atoms with E-state index in [4.69, 9.17) is 4.98 Å². The normalized spacial score (nSPS) is 15.8. The van der Waals surface area contributed by atoms with Gasteiger partial charge in [0, 0.05) is 12.1 Å². The Kier molecular flexibility index (Phi) is 4.61. The van der Waals surface area contributed by atoms with Gasteiger partial charge in [-0.2, -0.15) is 0 Å². The van der Waals surface area contributed by atoms with E-state index in [0.717, 1.165) is 17.9 Å². The molecular formula is C21H25N3. The lowest BCUT2D eigenvalue weighted by Crippen LogP contribution is -2.31. The zero-order valence-electron chi connectivity index (χ0n) is 14.2. The maximum Gasteiger partial charge on any atom is 0.141 e. The minimum atomic E-state index is 1.03. The zero-order chi connectivity index (χ0) is 16.2. The summed E-state index contributed by atoms with van der Waals surface area (Å²) in [6, 6.07) is 19.0. The van der Waals surface area contributed by atoms with Gasteiger partial charge in [-0.15, -0.1) is 0 Å². The number of aromatic nitrogens is 2. The van der Waals surface area contributed by atoms with Crippen molar-refractivity contribution in [2.24, 2.45) is 0 Å². The second-order valence-electron chi connectivity index (χ2n) is 6.70. The third kappa shape index (κ3) is 3.22. The summed E-state index contributed by atoms with van der Waals surface area (Å²) in [5, 5.41) is 0. The van der Waals surface area contributed by atoms with E-state index in [1.807, 2.05) is 0 Å². The summed E-state index contributed by atoms with van der Waals surface area (Å²) in [4.78, 5) is 7.51. The number of hydrogen-bond acceptors (Lipinski definition) is 2. The summed E-state index contributed by atoms with van der Waals surface area (Å²) >= 11 is 0. The van der Waals surface area contributed by atoms with E-state index in [0.29, 0.717) is 0 Å². The van der Waals surface area contributed by atoms with Crippen molar-refractivity contribution in [1.82, 2.24) is 14.5 Å². The Morgan fingerprint density at radius 2 is 1.54 bits per heavy atom. The molecule has 4 rings (SSSR count). The highest BCUT2D eigenvalue weighted by Crippen LogP contribution is 2.25. The van der Waals surface area contributed by atoms with Crippen molar-refractivity contribution in [3.63, 3.8) is 0 Å². The van der Waals surface area contributed by atoms with Gasteiger partial charge in [0.05, 0.1) is 11.0 Å². The number of imidazole rings is 1. The maximum atomic E-state index is 4.90. The molecule has 0 bridgehead atoms. The number of benzene rings is 2. The van der Waals surface area contributed by atoms with Gasteiger partial charge in [0.25, 0.3) is 0 Å². The molecule has 2 aromatic carbocycles. The Labute approximate surface area is 143 Å². The molecule has 0 N–H and O–H groups in total. The van der Waals surface area contributed by atoms with Crippen molar-refractivity contribution < 1.29 is 0 Å². The molecule has 1 aliphatic heterocycles. The lowest BCUT2D eigenvalue weighted by atomic mass is 10.1. The molecule has 3 aromatic rings. The highest BCUT2D eigenvalue weighted by molar-refractivity contribution is 5.80. The molecule has 3 heteroatoms. The van der Waals surface area contributed by atoms with Gasteiger partial charge in [-0.3, -0.25) is 0 Å². The Bertz CT molecular complexity index is 785. The molecule has 3 nitrogen and oxygen atoms in total.